The highest BCUT2D eigenvalue weighted by Gasteiger charge is 2.31. The van der Waals surface area contributed by atoms with Crippen molar-refractivity contribution in [3.8, 4) is 22.4 Å². The van der Waals surface area contributed by atoms with Gasteiger partial charge in [0.1, 0.15) is 0 Å². The summed E-state index contributed by atoms with van der Waals surface area (Å²) in [5, 5.41) is 3.45. The van der Waals surface area contributed by atoms with E-state index in [0.29, 0.717) is 17.2 Å². The van der Waals surface area contributed by atoms with E-state index in [1.54, 1.807) is 16.4 Å². The summed E-state index contributed by atoms with van der Waals surface area (Å²) in [6.07, 6.45) is 4.62. The number of nitrogens with zero attached hydrogens (tertiary/aromatic N) is 2. The fourth-order valence-electron chi connectivity index (χ4n) is 4.99. The van der Waals surface area contributed by atoms with Gasteiger partial charge in [0.15, 0.2) is 5.13 Å². The van der Waals surface area contributed by atoms with E-state index in [2.05, 4.69) is 48.6 Å². The molecule has 1 aliphatic rings. The van der Waals surface area contributed by atoms with Crippen molar-refractivity contribution in [1.82, 2.24) is 9.29 Å². The van der Waals surface area contributed by atoms with Crippen LogP contribution in [-0.2, 0) is 16.4 Å². The largest absolute Gasteiger partial charge is 0.298 e. The molecule has 0 bridgehead atoms. The number of carbonyl (C=O) groups is 1. The Morgan fingerprint density at radius 3 is 2.28 bits per heavy atom. The third-order valence-corrected chi connectivity index (χ3v) is 10.2. The van der Waals surface area contributed by atoms with Gasteiger partial charge in [0.25, 0.3) is 5.91 Å². The van der Waals surface area contributed by atoms with Gasteiger partial charge < -0.3 is 0 Å². The lowest BCUT2D eigenvalue weighted by Crippen LogP contribution is -2.41. The monoisotopic (exact) mass is 559 g/mol. The third-order valence-electron chi connectivity index (χ3n) is 7.13. The summed E-state index contributed by atoms with van der Waals surface area (Å²) in [7, 11) is -3.58. The van der Waals surface area contributed by atoms with Crippen LogP contribution in [0.15, 0.2) is 83.8 Å². The van der Waals surface area contributed by atoms with E-state index in [1.807, 2.05) is 25.1 Å². The molecule has 3 aromatic carbocycles. The number of aryl methyl sites for hydroxylation is 1. The van der Waals surface area contributed by atoms with Crippen molar-refractivity contribution in [2.75, 3.05) is 11.9 Å². The molecule has 1 amide bonds. The van der Waals surface area contributed by atoms with Gasteiger partial charge in [-0.25, -0.2) is 13.4 Å². The first kappa shape index (κ1) is 27.2. The van der Waals surface area contributed by atoms with Crippen molar-refractivity contribution >= 4 is 32.4 Å². The molecule has 5 rings (SSSR count). The van der Waals surface area contributed by atoms with Gasteiger partial charge in [-0.05, 0) is 61.6 Å². The minimum absolute atomic E-state index is 0.0160. The van der Waals surface area contributed by atoms with Gasteiger partial charge in [0.05, 0.1) is 10.6 Å². The highest BCUT2D eigenvalue weighted by molar-refractivity contribution is 7.89. The molecule has 8 heteroatoms. The number of hydrogen-bond donors (Lipinski definition) is 1. The third kappa shape index (κ3) is 5.98. The predicted octanol–water partition coefficient (Wildman–Crippen LogP) is 7.25. The van der Waals surface area contributed by atoms with E-state index >= 15 is 0 Å². The lowest BCUT2D eigenvalue weighted by molar-refractivity contribution is 0.102. The van der Waals surface area contributed by atoms with Crippen molar-refractivity contribution in [1.29, 1.82) is 0 Å². The van der Waals surface area contributed by atoms with Gasteiger partial charge in [0.2, 0.25) is 10.0 Å². The predicted molar refractivity (Wildman–Crippen MR) is 159 cm³/mol. The van der Waals surface area contributed by atoms with Crippen molar-refractivity contribution in [3.05, 3.63) is 89.3 Å². The zero-order chi connectivity index (χ0) is 27.4. The highest BCUT2D eigenvalue weighted by Crippen LogP contribution is 2.34. The molecule has 39 heavy (non-hydrogen) atoms. The van der Waals surface area contributed by atoms with Crippen LogP contribution in [-0.4, -0.2) is 36.2 Å². The molecule has 1 aliphatic heterocycles. The van der Waals surface area contributed by atoms with Crippen LogP contribution in [0.3, 0.4) is 0 Å². The molecule has 1 N–H and O–H groups in total. The molecule has 1 fully saturated rings. The maximum absolute atomic E-state index is 13.1. The van der Waals surface area contributed by atoms with Crippen LogP contribution in [0.25, 0.3) is 22.4 Å². The van der Waals surface area contributed by atoms with E-state index in [0.717, 1.165) is 59.4 Å². The maximum Gasteiger partial charge on any atom is 0.257 e. The fraction of sp³-hybridized carbons (Fsp3) is 0.290. The number of hydrogen-bond acceptors (Lipinski definition) is 5. The van der Waals surface area contributed by atoms with Gasteiger partial charge in [-0.2, -0.15) is 4.31 Å². The average Bonchev–Trinajstić information content (AvgIpc) is 3.36. The van der Waals surface area contributed by atoms with E-state index in [9.17, 15) is 13.2 Å². The Morgan fingerprint density at radius 2 is 1.62 bits per heavy atom. The number of benzene rings is 3. The fourth-order valence-corrected chi connectivity index (χ4v) is 7.77. The Labute approximate surface area is 234 Å². The molecule has 202 valence electrons. The molecular weight excluding hydrogens is 526 g/mol. The molecule has 1 saturated heterocycles. The van der Waals surface area contributed by atoms with Crippen LogP contribution in [0.1, 0.15) is 54.8 Å². The van der Waals surface area contributed by atoms with E-state index in [4.69, 9.17) is 4.98 Å². The van der Waals surface area contributed by atoms with Crippen molar-refractivity contribution < 1.29 is 13.2 Å². The number of amides is 1. The van der Waals surface area contributed by atoms with Crippen LogP contribution in [0.4, 0.5) is 5.13 Å². The van der Waals surface area contributed by atoms with Crippen LogP contribution in [0, 0.1) is 0 Å². The van der Waals surface area contributed by atoms with Crippen LogP contribution in [0.2, 0.25) is 0 Å². The Hall–Kier alpha value is -3.33. The molecule has 6 nitrogen and oxygen atoms in total. The highest BCUT2D eigenvalue weighted by atomic mass is 32.2. The van der Waals surface area contributed by atoms with E-state index in [1.165, 1.54) is 23.5 Å². The molecule has 1 atom stereocenters. The average molecular weight is 560 g/mol. The number of aromatic nitrogens is 1. The first-order valence-electron chi connectivity index (χ1n) is 13.5. The minimum atomic E-state index is -3.58. The first-order valence-corrected chi connectivity index (χ1v) is 15.7. The Balaban J connectivity index is 1.33. The summed E-state index contributed by atoms with van der Waals surface area (Å²) >= 11 is 1.48. The molecule has 4 aromatic rings. The Kier molecular flexibility index (Phi) is 8.26. The number of carbonyl (C=O) groups excluding carboxylic acids is 1. The van der Waals surface area contributed by atoms with E-state index < -0.39 is 10.0 Å². The van der Waals surface area contributed by atoms with Crippen LogP contribution < -0.4 is 5.32 Å². The molecule has 2 heterocycles. The van der Waals surface area contributed by atoms with Crippen molar-refractivity contribution in [3.63, 3.8) is 0 Å². The SMILES string of the molecule is CCCc1sc(NC(=O)c2ccc(S(=O)(=O)N3CCCCC3C)cc2)nc1-c1ccc(-c2ccccc2)cc1. The lowest BCUT2D eigenvalue weighted by atomic mass is 10.0. The van der Waals surface area contributed by atoms with E-state index in [-0.39, 0.29) is 16.8 Å². The number of thiazole rings is 1. The molecule has 0 spiro atoms. The van der Waals surface area contributed by atoms with Crippen LogP contribution >= 0.6 is 11.3 Å². The van der Waals surface area contributed by atoms with Gasteiger partial charge >= 0.3 is 0 Å². The number of rotatable bonds is 8. The zero-order valence-corrected chi connectivity index (χ0v) is 23.9. The first-order chi connectivity index (χ1) is 18.9. The van der Waals surface area contributed by atoms with Gasteiger partial charge in [-0.3, -0.25) is 10.1 Å². The summed E-state index contributed by atoms with van der Waals surface area (Å²) in [5.74, 6) is -0.312. The topological polar surface area (TPSA) is 79.4 Å². The number of sulfonamides is 1. The maximum atomic E-state index is 13.1. The quantitative estimate of drug-likeness (QED) is 0.247. The standard InChI is InChI=1S/C31H33N3O3S2/c1-3-9-28-29(25-15-13-24(14-16-25)23-11-5-4-6-12-23)32-31(38-28)33-30(35)26-17-19-27(20-18-26)39(36,37)34-21-8-7-10-22(34)2/h4-6,11-20,22H,3,7-10,21H2,1-2H3,(H,32,33,35). The van der Waals surface area contributed by atoms with Crippen molar-refractivity contribution in [2.45, 2.75) is 56.9 Å². The number of piperidine rings is 1. The summed E-state index contributed by atoms with van der Waals surface area (Å²) in [6, 6.07) is 24.7. The smallest absolute Gasteiger partial charge is 0.257 e. The molecule has 0 radical (unpaired) electrons. The zero-order valence-electron chi connectivity index (χ0n) is 22.3. The Morgan fingerprint density at radius 1 is 0.949 bits per heavy atom. The minimum Gasteiger partial charge on any atom is -0.298 e. The van der Waals surface area contributed by atoms with Crippen molar-refractivity contribution in [2.24, 2.45) is 0 Å². The molecule has 0 saturated carbocycles. The second kappa shape index (κ2) is 11.8. The normalized spacial score (nSPS) is 16.2. The van der Waals surface area contributed by atoms with Gasteiger partial charge in [-0.15, -0.1) is 11.3 Å². The molecule has 0 aliphatic carbocycles. The second-order valence-electron chi connectivity index (χ2n) is 9.92. The lowest BCUT2D eigenvalue weighted by Gasteiger charge is -2.32. The summed E-state index contributed by atoms with van der Waals surface area (Å²) < 4.78 is 27.8. The van der Waals surface area contributed by atoms with Crippen LogP contribution in [0.5, 0.6) is 0 Å². The number of anilines is 1. The molecule has 1 unspecified atom stereocenters. The van der Waals surface area contributed by atoms with Gasteiger partial charge in [-0.1, -0.05) is 74.4 Å². The molecular formula is C31H33N3O3S2. The second-order valence-corrected chi connectivity index (χ2v) is 12.9. The summed E-state index contributed by atoms with van der Waals surface area (Å²) in [5.41, 5.74) is 4.58. The number of nitrogens with one attached hydrogen (secondary N) is 1. The Bertz CT molecular complexity index is 1530. The summed E-state index contributed by atoms with van der Waals surface area (Å²) in [6.45, 7) is 4.61. The van der Waals surface area contributed by atoms with Gasteiger partial charge in [0, 0.05) is 28.6 Å². The summed E-state index contributed by atoms with van der Waals surface area (Å²) in [4.78, 5) is 19.2. The molecule has 1 aromatic heterocycles.